The molecule has 1 amide bonds. The summed E-state index contributed by atoms with van der Waals surface area (Å²) >= 11 is 0. The molecule has 12 nitrogen and oxygen atoms in total. The number of amides is 1. The zero-order valence-corrected chi connectivity index (χ0v) is 19.2. The van der Waals surface area contributed by atoms with Crippen LogP contribution in [0.4, 0.5) is 32.5 Å². The molecule has 3 aromatic rings. The molecule has 5 heterocycles. The number of alkyl halides is 1. The van der Waals surface area contributed by atoms with Crippen molar-refractivity contribution in [1.82, 2.24) is 29.8 Å². The van der Waals surface area contributed by atoms with Crippen LogP contribution in [0.1, 0.15) is 18.5 Å². The first-order chi connectivity index (χ1) is 17.1. The van der Waals surface area contributed by atoms with E-state index in [1.165, 1.54) is 10.9 Å². The summed E-state index contributed by atoms with van der Waals surface area (Å²) in [5, 5.41) is 9.16. The maximum Gasteiger partial charge on any atom is 0.328 e. The molecule has 1 saturated heterocycles. The van der Waals surface area contributed by atoms with E-state index in [2.05, 4.69) is 35.8 Å². The molecule has 4 bridgehead atoms. The summed E-state index contributed by atoms with van der Waals surface area (Å²) < 4.78 is 27.2. The number of ether oxygens (including phenoxy) is 2. The fourth-order valence-electron chi connectivity index (χ4n) is 4.78. The Kier molecular flexibility index (Phi) is 5.57. The highest BCUT2D eigenvalue weighted by molar-refractivity contribution is 5.92. The smallest absolute Gasteiger partial charge is 0.328 e. The van der Waals surface area contributed by atoms with Crippen molar-refractivity contribution in [2.45, 2.75) is 37.8 Å². The summed E-state index contributed by atoms with van der Waals surface area (Å²) in [7, 11) is 1.73. The van der Waals surface area contributed by atoms with Crippen molar-refractivity contribution in [3.63, 3.8) is 0 Å². The molecule has 3 atom stereocenters. The molecule has 0 aromatic carbocycles. The summed E-state index contributed by atoms with van der Waals surface area (Å²) in [5.41, 5.74) is 2.19. The average Bonchev–Trinajstić information content (AvgIpc) is 3.45. The molecule has 1 saturated carbocycles. The van der Waals surface area contributed by atoms with E-state index in [0.717, 1.165) is 24.6 Å². The SMILES string of the molecule is CNc1nc2nc3c1ncn3C(=O)N[C@@H]1C[C@@H](F)C[C@H]1OCc1cc(cc(N3CCOCC3)n1)N2. The number of halogens is 1. The van der Waals surface area contributed by atoms with Crippen LogP contribution in [0.3, 0.4) is 0 Å². The number of nitrogens with zero attached hydrogens (tertiary/aromatic N) is 6. The quantitative estimate of drug-likeness (QED) is 0.496. The Morgan fingerprint density at radius 2 is 2.03 bits per heavy atom. The van der Waals surface area contributed by atoms with E-state index in [4.69, 9.17) is 14.5 Å². The van der Waals surface area contributed by atoms with Crippen LogP contribution >= 0.6 is 0 Å². The first-order valence-corrected chi connectivity index (χ1v) is 11.7. The second-order valence-electron chi connectivity index (χ2n) is 8.84. The Hall–Kier alpha value is -3.58. The fraction of sp³-hybridized carbons (Fsp3) is 0.500. The van der Waals surface area contributed by atoms with E-state index in [9.17, 15) is 9.18 Å². The van der Waals surface area contributed by atoms with Crippen LogP contribution in [-0.4, -0.2) is 82.2 Å². The van der Waals surface area contributed by atoms with Crippen molar-refractivity contribution >= 4 is 40.5 Å². The minimum atomic E-state index is -1.06. The van der Waals surface area contributed by atoms with Crippen molar-refractivity contribution < 1.29 is 18.7 Å². The van der Waals surface area contributed by atoms with Gasteiger partial charge >= 0.3 is 6.03 Å². The lowest BCUT2D eigenvalue weighted by Gasteiger charge is -2.29. The highest BCUT2D eigenvalue weighted by atomic mass is 19.1. The Morgan fingerprint density at radius 1 is 1.17 bits per heavy atom. The Labute approximate surface area is 200 Å². The number of carbonyl (C=O) groups excluding carboxylic acids is 1. The average molecular weight is 484 g/mol. The van der Waals surface area contributed by atoms with E-state index in [0.29, 0.717) is 41.8 Å². The second kappa shape index (κ2) is 8.89. The lowest BCUT2D eigenvalue weighted by Crippen LogP contribution is -2.43. The number of hydrogen-bond acceptors (Lipinski definition) is 10. The number of aromatic nitrogens is 5. The van der Waals surface area contributed by atoms with E-state index in [1.54, 1.807) is 7.05 Å². The van der Waals surface area contributed by atoms with Crippen molar-refractivity contribution in [3.05, 3.63) is 24.2 Å². The molecule has 3 N–H and O–H groups in total. The van der Waals surface area contributed by atoms with Crippen molar-refractivity contribution in [2.24, 2.45) is 0 Å². The molecule has 1 aliphatic carbocycles. The first-order valence-electron chi connectivity index (χ1n) is 11.7. The first kappa shape index (κ1) is 21.9. The van der Waals surface area contributed by atoms with Gasteiger partial charge in [0.25, 0.3) is 0 Å². The second-order valence-corrected chi connectivity index (χ2v) is 8.84. The number of nitrogens with one attached hydrogen (secondary N) is 3. The van der Waals surface area contributed by atoms with Crippen LogP contribution in [0.5, 0.6) is 0 Å². The number of pyridine rings is 1. The third-order valence-corrected chi connectivity index (χ3v) is 6.51. The van der Waals surface area contributed by atoms with Gasteiger partial charge in [-0.05, 0) is 6.07 Å². The number of fused-ring (bicyclic) bond motifs is 4. The minimum absolute atomic E-state index is 0.175. The summed E-state index contributed by atoms with van der Waals surface area (Å²) in [6.45, 7) is 2.88. The summed E-state index contributed by atoms with van der Waals surface area (Å²) in [4.78, 5) is 33.5. The van der Waals surface area contributed by atoms with Crippen LogP contribution < -0.4 is 20.9 Å². The monoisotopic (exact) mass is 483 g/mol. The van der Waals surface area contributed by atoms with E-state index < -0.39 is 24.3 Å². The maximum atomic E-state index is 14.4. The third-order valence-electron chi connectivity index (χ3n) is 6.51. The van der Waals surface area contributed by atoms with Gasteiger partial charge in [0, 0.05) is 44.7 Å². The predicted octanol–water partition coefficient (Wildman–Crippen LogP) is 1.80. The molecule has 2 aliphatic heterocycles. The largest absolute Gasteiger partial charge is 0.378 e. The standard InChI is InChI=1S/C22H26FN9O3/c1-24-19-18-20-30-21(29-19)27-13-8-14(26-17(9-13)31-2-4-34-5-3-31)10-35-16-7-12(23)6-15(16)28-22(33)32(20)11-25-18/h8-9,11-12,15-16H,2-7,10H2,1H3,(H,28,33)(H2,24,27,29,30)/t12-,15-,16-/m1/s1. The van der Waals surface area contributed by atoms with E-state index in [-0.39, 0.29) is 19.4 Å². The van der Waals surface area contributed by atoms with Gasteiger partial charge in [-0.25, -0.2) is 23.7 Å². The topological polar surface area (TPSA) is 131 Å². The van der Waals surface area contributed by atoms with E-state index >= 15 is 0 Å². The van der Waals surface area contributed by atoms with Gasteiger partial charge in [0.1, 0.15) is 18.3 Å². The molecule has 184 valence electrons. The zero-order valence-electron chi connectivity index (χ0n) is 19.2. The van der Waals surface area contributed by atoms with Gasteiger partial charge in [-0.15, -0.1) is 0 Å². The fourth-order valence-corrected chi connectivity index (χ4v) is 4.78. The molecular weight excluding hydrogens is 457 g/mol. The molecule has 13 heteroatoms. The maximum absolute atomic E-state index is 14.4. The van der Waals surface area contributed by atoms with Crippen molar-refractivity contribution in [2.75, 3.05) is 48.9 Å². The number of carbonyl (C=O) groups is 1. The number of morpholine rings is 1. The lowest BCUT2D eigenvalue weighted by molar-refractivity contribution is 0.0257. The third kappa shape index (κ3) is 4.21. The van der Waals surface area contributed by atoms with Gasteiger partial charge in [-0.1, -0.05) is 0 Å². The molecule has 0 radical (unpaired) electrons. The number of rotatable bonds is 2. The molecule has 0 spiro atoms. The van der Waals surface area contributed by atoms with Crippen LogP contribution in [0.25, 0.3) is 11.2 Å². The number of anilines is 4. The molecule has 35 heavy (non-hydrogen) atoms. The Balaban J connectivity index is 1.46. The number of imidazole rings is 1. The van der Waals surface area contributed by atoms with Crippen LogP contribution in [0.2, 0.25) is 0 Å². The molecule has 2 fully saturated rings. The zero-order chi connectivity index (χ0) is 23.9. The molecule has 6 rings (SSSR count). The van der Waals surface area contributed by atoms with Crippen LogP contribution in [0, 0.1) is 0 Å². The normalized spacial score (nSPS) is 24.6. The summed E-state index contributed by atoms with van der Waals surface area (Å²) in [5.74, 6) is 1.55. The predicted molar refractivity (Wildman–Crippen MR) is 126 cm³/mol. The minimum Gasteiger partial charge on any atom is -0.378 e. The lowest BCUT2D eigenvalue weighted by atomic mass is 10.2. The Bertz CT molecular complexity index is 1260. The highest BCUT2D eigenvalue weighted by Gasteiger charge is 2.37. The summed E-state index contributed by atoms with van der Waals surface area (Å²) in [6, 6.07) is 2.86. The van der Waals surface area contributed by atoms with Gasteiger partial charge in [0.05, 0.1) is 37.7 Å². The molecular formula is C22H26FN9O3. The summed E-state index contributed by atoms with van der Waals surface area (Å²) in [6.07, 6.45) is 0.244. The van der Waals surface area contributed by atoms with Gasteiger partial charge in [0.2, 0.25) is 5.95 Å². The van der Waals surface area contributed by atoms with Crippen molar-refractivity contribution in [1.29, 1.82) is 0 Å². The molecule has 0 unspecified atom stereocenters. The van der Waals surface area contributed by atoms with Gasteiger partial charge in [-0.3, -0.25) is 0 Å². The van der Waals surface area contributed by atoms with Gasteiger partial charge in [0.15, 0.2) is 17.0 Å². The van der Waals surface area contributed by atoms with Crippen LogP contribution in [-0.2, 0) is 16.1 Å². The highest BCUT2D eigenvalue weighted by Crippen LogP contribution is 2.29. The van der Waals surface area contributed by atoms with Crippen molar-refractivity contribution in [3.8, 4) is 0 Å². The van der Waals surface area contributed by atoms with E-state index in [1.807, 2.05) is 12.1 Å². The molecule has 3 aromatic heterocycles. The molecule has 3 aliphatic rings. The Morgan fingerprint density at radius 3 is 2.86 bits per heavy atom. The van der Waals surface area contributed by atoms with Gasteiger partial charge < -0.3 is 30.3 Å². The van der Waals surface area contributed by atoms with Crippen LogP contribution in [0.15, 0.2) is 18.5 Å². The number of hydrogen-bond donors (Lipinski definition) is 3. The van der Waals surface area contributed by atoms with Gasteiger partial charge in [-0.2, -0.15) is 9.97 Å².